The molecule has 1 fully saturated rings. The van der Waals surface area contributed by atoms with Crippen molar-refractivity contribution in [1.82, 2.24) is 10.6 Å². The molecule has 2 nitrogen and oxygen atoms in total. The number of hydrogen-bond acceptors (Lipinski definition) is 2. The number of nitrogens with one attached hydrogen (secondary N) is 2. The van der Waals surface area contributed by atoms with Crippen LogP contribution in [0.25, 0.3) is 0 Å². The molecule has 1 aliphatic carbocycles. The third kappa shape index (κ3) is 4.97. The van der Waals surface area contributed by atoms with Crippen molar-refractivity contribution in [3.8, 4) is 0 Å². The minimum absolute atomic E-state index is 0.657. The first-order valence-corrected chi connectivity index (χ1v) is 7.58. The SMILES string of the molecule is CCC(C)NC1CCC(C)C(NC(C)CC)C1. The molecule has 5 unspecified atom stereocenters. The zero-order chi connectivity index (χ0) is 12.8. The van der Waals surface area contributed by atoms with Crippen molar-refractivity contribution in [3.63, 3.8) is 0 Å². The number of rotatable bonds is 6. The molecule has 17 heavy (non-hydrogen) atoms. The van der Waals surface area contributed by atoms with E-state index in [1.807, 2.05) is 0 Å². The zero-order valence-corrected chi connectivity index (χ0v) is 12.4. The van der Waals surface area contributed by atoms with E-state index in [4.69, 9.17) is 0 Å². The Morgan fingerprint density at radius 3 is 2.18 bits per heavy atom. The van der Waals surface area contributed by atoms with Crippen LogP contribution in [0, 0.1) is 5.92 Å². The predicted molar refractivity (Wildman–Crippen MR) is 76.4 cm³/mol. The zero-order valence-electron chi connectivity index (χ0n) is 12.4. The molecule has 0 heterocycles. The number of hydrogen-bond donors (Lipinski definition) is 2. The Balaban J connectivity index is 2.41. The van der Waals surface area contributed by atoms with Crippen molar-refractivity contribution >= 4 is 0 Å². The summed E-state index contributed by atoms with van der Waals surface area (Å²) in [5.41, 5.74) is 0. The Bertz CT molecular complexity index is 205. The first kappa shape index (κ1) is 15.0. The highest BCUT2D eigenvalue weighted by molar-refractivity contribution is 4.88. The van der Waals surface area contributed by atoms with E-state index in [1.165, 1.54) is 32.1 Å². The molecule has 2 N–H and O–H groups in total. The molecule has 1 aliphatic rings. The van der Waals surface area contributed by atoms with Crippen LogP contribution in [0.1, 0.15) is 66.7 Å². The molecule has 0 amide bonds. The first-order chi connectivity index (χ1) is 8.06. The van der Waals surface area contributed by atoms with Crippen LogP contribution in [-0.2, 0) is 0 Å². The largest absolute Gasteiger partial charge is 0.311 e. The fraction of sp³-hybridized carbons (Fsp3) is 1.00. The summed E-state index contributed by atoms with van der Waals surface area (Å²) in [5, 5.41) is 7.57. The van der Waals surface area contributed by atoms with Gasteiger partial charge in [-0.2, -0.15) is 0 Å². The average molecular weight is 240 g/mol. The minimum atomic E-state index is 0.657. The Hall–Kier alpha value is -0.0800. The van der Waals surface area contributed by atoms with Crippen LogP contribution in [0.3, 0.4) is 0 Å². The second-order valence-electron chi connectivity index (χ2n) is 6.05. The van der Waals surface area contributed by atoms with Crippen molar-refractivity contribution < 1.29 is 0 Å². The van der Waals surface area contributed by atoms with Crippen molar-refractivity contribution in [1.29, 1.82) is 0 Å². The summed E-state index contributed by atoms with van der Waals surface area (Å²) >= 11 is 0. The second kappa shape index (κ2) is 7.38. The van der Waals surface area contributed by atoms with Crippen LogP contribution in [-0.4, -0.2) is 24.2 Å². The lowest BCUT2D eigenvalue weighted by Crippen LogP contribution is -2.50. The van der Waals surface area contributed by atoms with Gasteiger partial charge in [0.05, 0.1) is 0 Å². The van der Waals surface area contributed by atoms with E-state index in [2.05, 4.69) is 45.3 Å². The third-order valence-electron chi connectivity index (χ3n) is 4.44. The summed E-state index contributed by atoms with van der Waals surface area (Å²) in [7, 11) is 0. The molecule has 0 spiro atoms. The van der Waals surface area contributed by atoms with Crippen LogP contribution >= 0.6 is 0 Å². The molecule has 5 atom stereocenters. The normalized spacial score (nSPS) is 33.4. The van der Waals surface area contributed by atoms with Gasteiger partial charge in [-0.25, -0.2) is 0 Å². The summed E-state index contributed by atoms with van der Waals surface area (Å²) in [6.45, 7) is 11.5. The standard InChI is InChI=1S/C15H32N2/c1-6-12(4)16-14-9-8-11(3)15(10-14)17-13(5)7-2/h11-17H,6-10H2,1-5H3. The van der Waals surface area contributed by atoms with E-state index >= 15 is 0 Å². The van der Waals surface area contributed by atoms with E-state index in [-0.39, 0.29) is 0 Å². The maximum absolute atomic E-state index is 3.80. The molecule has 102 valence electrons. The van der Waals surface area contributed by atoms with Gasteiger partial charge in [-0.05, 0) is 51.9 Å². The van der Waals surface area contributed by atoms with Gasteiger partial charge in [-0.1, -0.05) is 20.8 Å². The van der Waals surface area contributed by atoms with Crippen LogP contribution in [0.4, 0.5) is 0 Å². The van der Waals surface area contributed by atoms with E-state index in [0.29, 0.717) is 18.1 Å². The molecule has 1 saturated carbocycles. The van der Waals surface area contributed by atoms with Crippen LogP contribution in [0.5, 0.6) is 0 Å². The van der Waals surface area contributed by atoms with Gasteiger partial charge in [0.15, 0.2) is 0 Å². The van der Waals surface area contributed by atoms with Crippen molar-refractivity contribution in [2.24, 2.45) is 5.92 Å². The molecular formula is C15H32N2. The van der Waals surface area contributed by atoms with Gasteiger partial charge in [-0.3, -0.25) is 0 Å². The van der Waals surface area contributed by atoms with Crippen LogP contribution < -0.4 is 10.6 Å². The third-order valence-corrected chi connectivity index (χ3v) is 4.44. The molecule has 2 heteroatoms. The maximum atomic E-state index is 3.80. The van der Waals surface area contributed by atoms with Crippen molar-refractivity contribution in [3.05, 3.63) is 0 Å². The highest BCUT2D eigenvalue weighted by atomic mass is 15.0. The molecule has 0 radical (unpaired) electrons. The topological polar surface area (TPSA) is 24.1 Å². The fourth-order valence-electron chi connectivity index (χ4n) is 2.71. The predicted octanol–water partition coefficient (Wildman–Crippen LogP) is 3.32. The highest BCUT2D eigenvalue weighted by Gasteiger charge is 2.28. The summed E-state index contributed by atoms with van der Waals surface area (Å²) in [4.78, 5) is 0. The lowest BCUT2D eigenvalue weighted by molar-refractivity contribution is 0.211. The van der Waals surface area contributed by atoms with Gasteiger partial charge in [0.25, 0.3) is 0 Å². The first-order valence-electron chi connectivity index (χ1n) is 7.58. The van der Waals surface area contributed by atoms with Gasteiger partial charge >= 0.3 is 0 Å². The minimum Gasteiger partial charge on any atom is -0.311 e. The van der Waals surface area contributed by atoms with Crippen molar-refractivity contribution in [2.45, 2.75) is 90.9 Å². The lowest BCUT2D eigenvalue weighted by atomic mass is 9.82. The maximum Gasteiger partial charge on any atom is 0.0110 e. The smallest absolute Gasteiger partial charge is 0.0110 e. The van der Waals surface area contributed by atoms with Crippen LogP contribution in [0.2, 0.25) is 0 Å². The van der Waals surface area contributed by atoms with E-state index in [0.717, 1.165) is 12.0 Å². The molecule has 0 aromatic rings. The molecule has 0 aromatic carbocycles. The van der Waals surface area contributed by atoms with Gasteiger partial charge < -0.3 is 10.6 Å². The molecule has 0 aliphatic heterocycles. The molecule has 1 rings (SSSR count). The Morgan fingerprint density at radius 1 is 1.00 bits per heavy atom. The van der Waals surface area contributed by atoms with Gasteiger partial charge in [-0.15, -0.1) is 0 Å². The van der Waals surface area contributed by atoms with Gasteiger partial charge in [0, 0.05) is 24.2 Å². The summed E-state index contributed by atoms with van der Waals surface area (Å²) < 4.78 is 0. The highest BCUT2D eigenvalue weighted by Crippen LogP contribution is 2.25. The molecule has 0 saturated heterocycles. The van der Waals surface area contributed by atoms with Crippen LogP contribution in [0.15, 0.2) is 0 Å². The fourth-order valence-corrected chi connectivity index (χ4v) is 2.71. The summed E-state index contributed by atoms with van der Waals surface area (Å²) in [5.74, 6) is 0.832. The molecule has 0 aromatic heterocycles. The molecule has 0 bridgehead atoms. The van der Waals surface area contributed by atoms with Crippen molar-refractivity contribution in [2.75, 3.05) is 0 Å². The van der Waals surface area contributed by atoms with Gasteiger partial charge in [0.1, 0.15) is 0 Å². The lowest BCUT2D eigenvalue weighted by Gasteiger charge is -2.38. The van der Waals surface area contributed by atoms with Gasteiger partial charge in [0.2, 0.25) is 0 Å². The quantitative estimate of drug-likeness (QED) is 0.744. The second-order valence-corrected chi connectivity index (χ2v) is 6.05. The molecular weight excluding hydrogens is 208 g/mol. The Morgan fingerprint density at radius 2 is 1.59 bits per heavy atom. The average Bonchev–Trinajstić information content (AvgIpc) is 2.33. The summed E-state index contributed by atoms with van der Waals surface area (Å²) in [6, 6.07) is 2.76. The van der Waals surface area contributed by atoms with E-state index in [1.54, 1.807) is 0 Å². The van der Waals surface area contributed by atoms with E-state index in [9.17, 15) is 0 Å². The monoisotopic (exact) mass is 240 g/mol. The Kier molecular flexibility index (Phi) is 6.50. The summed E-state index contributed by atoms with van der Waals surface area (Å²) in [6.07, 6.45) is 6.48. The Labute approximate surface area is 108 Å². The van der Waals surface area contributed by atoms with E-state index < -0.39 is 0 Å².